The number of pyridine rings is 1. The van der Waals surface area contributed by atoms with Gasteiger partial charge >= 0.3 is 0 Å². The number of carbonyl (C=O) groups is 2. The molecule has 3 atom stereocenters. The van der Waals surface area contributed by atoms with Gasteiger partial charge in [0.15, 0.2) is 0 Å². The zero-order valence-corrected chi connectivity index (χ0v) is 22.1. The van der Waals surface area contributed by atoms with Crippen LogP contribution in [0.5, 0.6) is 0 Å². The van der Waals surface area contributed by atoms with Crippen LogP contribution in [0.2, 0.25) is 0 Å². The maximum Gasteiger partial charge on any atom is 0.255 e. The highest BCUT2D eigenvalue weighted by atomic mass is 19.1. The number of nitrogens with one attached hydrogen (secondary N) is 1. The average molecular weight is 515 g/mol. The first-order valence-electron chi connectivity index (χ1n) is 13.4. The molecule has 0 spiro atoms. The number of benzene rings is 2. The highest BCUT2D eigenvalue weighted by molar-refractivity contribution is 5.96. The lowest BCUT2D eigenvalue weighted by Crippen LogP contribution is -2.36. The molecule has 7 heteroatoms. The molecule has 0 aliphatic carbocycles. The Bertz CT molecular complexity index is 1250. The maximum absolute atomic E-state index is 13.2. The van der Waals surface area contributed by atoms with Crippen molar-refractivity contribution in [3.63, 3.8) is 0 Å². The molecule has 2 saturated heterocycles. The number of nitrogens with zero attached hydrogens (tertiary/aromatic N) is 3. The van der Waals surface area contributed by atoms with E-state index in [4.69, 9.17) is 0 Å². The van der Waals surface area contributed by atoms with Crippen LogP contribution in [0.4, 0.5) is 4.39 Å². The van der Waals surface area contributed by atoms with Crippen molar-refractivity contribution in [2.45, 2.75) is 32.7 Å². The molecule has 2 aliphatic rings. The number of likely N-dealkylation sites (tertiary alicyclic amines) is 2. The molecule has 2 aromatic carbocycles. The fraction of sp³-hybridized carbons (Fsp3) is 0.387. The van der Waals surface area contributed by atoms with Gasteiger partial charge in [0, 0.05) is 38.9 Å². The van der Waals surface area contributed by atoms with E-state index in [2.05, 4.69) is 15.2 Å². The Labute approximate surface area is 223 Å². The second-order valence-corrected chi connectivity index (χ2v) is 10.7. The first-order chi connectivity index (χ1) is 18.4. The van der Waals surface area contributed by atoms with E-state index in [0.29, 0.717) is 11.8 Å². The second-order valence-electron chi connectivity index (χ2n) is 10.7. The molecule has 38 heavy (non-hydrogen) atoms. The molecule has 0 bridgehead atoms. The summed E-state index contributed by atoms with van der Waals surface area (Å²) in [5, 5.41) is 3.20. The van der Waals surface area contributed by atoms with Crippen LogP contribution in [0.3, 0.4) is 0 Å². The lowest BCUT2D eigenvalue weighted by Gasteiger charge is -2.25. The van der Waals surface area contributed by atoms with E-state index in [0.717, 1.165) is 67.1 Å². The van der Waals surface area contributed by atoms with Gasteiger partial charge in [-0.1, -0.05) is 42.5 Å². The third-order valence-corrected chi connectivity index (χ3v) is 7.96. The molecule has 2 amide bonds. The predicted octanol–water partition coefficient (Wildman–Crippen LogP) is 4.33. The lowest BCUT2D eigenvalue weighted by atomic mass is 10.0. The summed E-state index contributed by atoms with van der Waals surface area (Å²) in [6, 6.07) is 17.9. The normalized spacial score (nSPS) is 19.8. The Morgan fingerprint density at radius 1 is 0.974 bits per heavy atom. The smallest absolute Gasteiger partial charge is 0.255 e. The van der Waals surface area contributed by atoms with E-state index < -0.39 is 0 Å². The molecule has 0 radical (unpaired) electrons. The summed E-state index contributed by atoms with van der Waals surface area (Å²) in [4.78, 5) is 34.9. The van der Waals surface area contributed by atoms with Gasteiger partial charge in [-0.05, 0) is 67.0 Å². The highest BCUT2D eigenvalue weighted by Gasteiger charge is 2.42. The fourth-order valence-electron chi connectivity index (χ4n) is 5.97. The number of hydrogen-bond donors (Lipinski definition) is 1. The molecule has 3 unspecified atom stereocenters. The van der Waals surface area contributed by atoms with Crippen molar-refractivity contribution in [2.24, 2.45) is 11.8 Å². The van der Waals surface area contributed by atoms with Gasteiger partial charge in [0.05, 0.1) is 23.7 Å². The third kappa shape index (κ3) is 5.94. The van der Waals surface area contributed by atoms with Gasteiger partial charge in [-0.3, -0.25) is 14.6 Å². The SMILES string of the molecule is Cc1ccnc(C)c1C(=O)N1CC2CN(CCC(NC(=O)Cc3ccc(F)cc3)c3ccccc3)CC2C1. The van der Waals surface area contributed by atoms with Crippen LogP contribution in [0.25, 0.3) is 0 Å². The van der Waals surface area contributed by atoms with Gasteiger partial charge in [-0.15, -0.1) is 0 Å². The number of halogens is 1. The summed E-state index contributed by atoms with van der Waals surface area (Å²) in [6.45, 7) is 8.24. The van der Waals surface area contributed by atoms with E-state index in [-0.39, 0.29) is 30.1 Å². The van der Waals surface area contributed by atoms with E-state index in [1.54, 1.807) is 18.3 Å². The Morgan fingerprint density at radius 3 is 2.32 bits per heavy atom. The number of hydrogen-bond acceptors (Lipinski definition) is 4. The van der Waals surface area contributed by atoms with Crippen molar-refractivity contribution in [3.05, 3.63) is 101 Å². The van der Waals surface area contributed by atoms with Crippen LogP contribution in [0.1, 0.15) is 45.2 Å². The summed E-state index contributed by atoms with van der Waals surface area (Å²) in [7, 11) is 0. The van der Waals surface area contributed by atoms with Crippen molar-refractivity contribution in [3.8, 4) is 0 Å². The molecular weight excluding hydrogens is 479 g/mol. The van der Waals surface area contributed by atoms with Crippen molar-refractivity contribution < 1.29 is 14.0 Å². The predicted molar refractivity (Wildman–Crippen MR) is 145 cm³/mol. The molecule has 3 aromatic rings. The zero-order chi connectivity index (χ0) is 26.6. The average Bonchev–Trinajstić information content (AvgIpc) is 3.47. The van der Waals surface area contributed by atoms with Crippen LogP contribution >= 0.6 is 0 Å². The summed E-state index contributed by atoms with van der Waals surface area (Å²) < 4.78 is 13.2. The Kier molecular flexibility index (Phi) is 7.84. The van der Waals surface area contributed by atoms with Crippen molar-refractivity contribution >= 4 is 11.8 Å². The number of aryl methyl sites for hydroxylation is 2. The van der Waals surface area contributed by atoms with Gasteiger partial charge in [0.2, 0.25) is 5.91 Å². The lowest BCUT2D eigenvalue weighted by molar-refractivity contribution is -0.121. The van der Waals surface area contributed by atoms with Gasteiger partial charge in [0.25, 0.3) is 5.91 Å². The minimum absolute atomic E-state index is 0.0705. The van der Waals surface area contributed by atoms with Crippen LogP contribution in [0, 0.1) is 31.5 Å². The summed E-state index contributed by atoms with van der Waals surface area (Å²) in [5.41, 5.74) is 4.39. The highest BCUT2D eigenvalue weighted by Crippen LogP contribution is 2.33. The van der Waals surface area contributed by atoms with E-state index in [9.17, 15) is 14.0 Å². The molecule has 198 valence electrons. The van der Waals surface area contributed by atoms with Crippen LogP contribution < -0.4 is 5.32 Å². The molecule has 2 fully saturated rings. The molecule has 6 nitrogen and oxygen atoms in total. The number of carbonyl (C=O) groups excluding carboxylic acids is 2. The molecule has 5 rings (SSSR count). The molecule has 2 aliphatic heterocycles. The van der Waals surface area contributed by atoms with Gasteiger partial charge in [-0.2, -0.15) is 0 Å². The van der Waals surface area contributed by atoms with E-state index >= 15 is 0 Å². The quantitative estimate of drug-likeness (QED) is 0.486. The van der Waals surface area contributed by atoms with E-state index in [1.165, 1.54) is 12.1 Å². The van der Waals surface area contributed by atoms with Crippen LogP contribution in [-0.2, 0) is 11.2 Å². The number of fused-ring (bicyclic) bond motifs is 1. The second kappa shape index (κ2) is 11.4. The molecule has 1 N–H and O–H groups in total. The number of aromatic nitrogens is 1. The largest absolute Gasteiger partial charge is 0.349 e. The van der Waals surface area contributed by atoms with E-state index in [1.807, 2.05) is 55.1 Å². The van der Waals surface area contributed by atoms with Gasteiger partial charge in [0.1, 0.15) is 5.82 Å². The van der Waals surface area contributed by atoms with Crippen LogP contribution in [0.15, 0.2) is 66.9 Å². The van der Waals surface area contributed by atoms with Gasteiger partial charge in [-0.25, -0.2) is 4.39 Å². The monoisotopic (exact) mass is 514 g/mol. The molecular formula is C31H35FN4O2. The molecule has 3 heterocycles. The minimum Gasteiger partial charge on any atom is -0.349 e. The number of amides is 2. The topological polar surface area (TPSA) is 65.5 Å². The Morgan fingerprint density at radius 2 is 1.66 bits per heavy atom. The zero-order valence-electron chi connectivity index (χ0n) is 22.1. The summed E-state index contributed by atoms with van der Waals surface area (Å²) in [5.74, 6) is 0.668. The van der Waals surface area contributed by atoms with Crippen molar-refractivity contribution in [1.29, 1.82) is 0 Å². The molecule has 1 aromatic heterocycles. The molecule has 0 saturated carbocycles. The first-order valence-corrected chi connectivity index (χ1v) is 13.4. The summed E-state index contributed by atoms with van der Waals surface area (Å²) in [6.07, 6.45) is 2.78. The first kappa shape index (κ1) is 26.0. The van der Waals surface area contributed by atoms with Gasteiger partial charge < -0.3 is 15.1 Å². The van der Waals surface area contributed by atoms with Crippen LogP contribution in [-0.4, -0.2) is 59.3 Å². The van der Waals surface area contributed by atoms with Crippen molar-refractivity contribution in [1.82, 2.24) is 20.1 Å². The summed E-state index contributed by atoms with van der Waals surface area (Å²) >= 11 is 0. The minimum atomic E-state index is -0.304. The standard InChI is InChI=1S/C31H35FN4O2/c1-21-12-14-33-22(2)30(21)31(38)36-19-25-17-35(18-26(25)20-36)15-13-28(24-6-4-3-5-7-24)34-29(37)16-23-8-10-27(32)11-9-23/h3-12,14,25-26,28H,13,15-20H2,1-2H3,(H,34,37). The number of rotatable bonds is 8. The fourth-order valence-corrected chi connectivity index (χ4v) is 5.97. The van der Waals surface area contributed by atoms with Crippen molar-refractivity contribution in [2.75, 3.05) is 32.7 Å². The third-order valence-electron chi connectivity index (χ3n) is 7.96. The Hall–Kier alpha value is -3.58. The maximum atomic E-state index is 13.2. The Balaban J connectivity index is 1.16.